The highest BCUT2D eigenvalue weighted by molar-refractivity contribution is 6.19. The van der Waals surface area contributed by atoms with Gasteiger partial charge in [-0.25, -0.2) is 0 Å². The summed E-state index contributed by atoms with van der Waals surface area (Å²) in [6.07, 6.45) is 7.75. The number of alkyl halides is 1. The lowest BCUT2D eigenvalue weighted by Gasteiger charge is -2.23. The van der Waals surface area contributed by atoms with Crippen LogP contribution in [0.1, 0.15) is 52.4 Å². The van der Waals surface area contributed by atoms with Crippen LogP contribution in [0.25, 0.3) is 0 Å². The van der Waals surface area contributed by atoms with Crippen LogP contribution in [0.5, 0.6) is 0 Å². The van der Waals surface area contributed by atoms with Gasteiger partial charge in [0, 0.05) is 0 Å². The van der Waals surface area contributed by atoms with E-state index in [1.54, 1.807) is 0 Å². The predicted molar refractivity (Wildman–Crippen MR) is 57.1 cm³/mol. The van der Waals surface area contributed by atoms with Gasteiger partial charge < -0.3 is 4.74 Å². The minimum Gasteiger partial charge on any atom is -0.359 e. The lowest BCUT2D eigenvalue weighted by atomic mass is 10.0. The number of rotatable bonds is 5. The van der Waals surface area contributed by atoms with E-state index in [0.717, 1.165) is 12.8 Å². The van der Waals surface area contributed by atoms with Gasteiger partial charge in [-0.15, -0.1) is 0 Å². The molecule has 0 bridgehead atoms. The summed E-state index contributed by atoms with van der Waals surface area (Å²) in [5.74, 6) is 0.530. The topological polar surface area (TPSA) is 9.23 Å². The number of hydrogen-bond acceptors (Lipinski definition) is 1. The van der Waals surface area contributed by atoms with Gasteiger partial charge in [-0.2, -0.15) is 0 Å². The Morgan fingerprint density at radius 1 is 1.23 bits per heavy atom. The Bertz CT molecular complexity index is 128. The maximum Gasteiger partial charge on any atom is 0.134 e. The van der Waals surface area contributed by atoms with Crippen molar-refractivity contribution >= 4 is 11.6 Å². The van der Waals surface area contributed by atoms with Gasteiger partial charge in [-0.1, -0.05) is 38.3 Å². The van der Waals surface area contributed by atoms with Gasteiger partial charge >= 0.3 is 0 Å². The molecule has 1 atom stereocenters. The molecular weight excluding hydrogens is 184 g/mol. The molecule has 0 radical (unpaired) electrons. The minimum atomic E-state index is -0.0573. The first kappa shape index (κ1) is 11.3. The molecule has 1 unspecified atom stereocenters. The molecule has 0 heterocycles. The highest BCUT2D eigenvalue weighted by Gasteiger charge is 2.23. The molecule has 1 saturated carbocycles. The van der Waals surface area contributed by atoms with Crippen LogP contribution in [-0.4, -0.2) is 11.7 Å². The summed E-state index contributed by atoms with van der Waals surface area (Å²) in [6, 6.07) is 0. The van der Waals surface area contributed by atoms with Crippen molar-refractivity contribution in [1.29, 1.82) is 0 Å². The third-order valence-corrected chi connectivity index (χ3v) is 3.50. The Hall–Kier alpha value is 0.250. The van der Waals surface area contributed by atoms with E-state index in [1.807, 2.05) is 0 Å². The fraction of sp³-hybridized carbons (Fsp3) is 1.00. The standard InChI is InChI=1S/C11H21ClO/c1-3-9(4-2)11(12)13-10-7-5-6-8-10/h9-11H,3-8H2,1-2H3. The average Bonchev–Trinajstić information content (AvgIpc) is 2.59. The third-order valence-electron chi connectivity index (χ3n) is 3.04. The summed E-state index contributed by atoms with van der Waals surface area (Å²) in [4.78, 5) is 0. The van der Waals surface area contributed by atoms with E-state index in [-0.39, 0.29) is 5.56 Å². The van der Waals surface area contributed by atoms with Crippen molar-refractivity contribution < 1.29 is 4.74 Å². The summed E-state index contributed by atoms with van der Waals surface area (Å²) in [6.45, 7) is 4.36. The van der Waals surface area contributed by atoms with Gasteiger partial charge in [0.2, 0.25) is 0 Å². The summed E-state index contributed by atoms with van der Waals surface area (Å²) in [5.41, 5.74) is -0.0573. The van der Waals surface area contributed by atoms with Crippen molar-refractivity contribution in [3.05, 3.63) is 0 Å². The number of halogens is 1. The van der Waals surface area contributed by atoms with E-state index in [9.17, 15) is 0 Å². The largest absolute Gasteiger partial charge is 0.359 e. The molecule has 1 aliphatic rings. The van der Waals surface area contributed by atoms with Crippen molar-refractivity contribution in [1.82, 2.24) is 0 Å². The van der Waals surface area contributed by atoms with Crippen LogP contribution in [0.15, 0.2) is 0 Å². The lowest BCUT2D eigenvalue weighted by molar-refractivity contribution is 0.00510. The molecule has 0 saturated heterocycles. The molecule has 1 aliphatic carbocycles. The van der Waals surface area contributed by atoms with Gasteiger partial charge in [0.15, 0.2) is 0 Å². The van der Waals surface area contributed by atoms with Crippen LogP contribution >= 0.6 is 11.6 Å². The zero-order chi connectivity index (χ0) is 9.68. The summed E-state index contributed by atoms with van der Waals surface area (Å²) < 4.78 is 5.82. The van der Waals surface area contributed by atoms with Crippen LogP contribution < -0.4 is 0 Å². The van der Waals surface area contributed by atoms with Crippen molar-refractivity contribution in [2.45, 2.75) is 64.0 Å². The summed E-state index contributed by atoms with van der Waals surface area (Å²) >= 11 is 6.20. The molecule has 1 fully saturated rings. The second-order valence-electron chi connectivity index (χ2n) is 3.97. The maximum absolute atomic E-state index is 6.20. The van der Waals surface area contributed by atoms with Gasteiger partial charge in [0.25, 0.3) is 0 Å². The number of ether oxygens (including phenoxy) is 1. The predicted octanol–water partition coefficient (Wildman–Crippen LogP) is 3.95. The van der Waals surface area contributed by atoms with Crippen molar-refractivity contribution in [2.75, 3.05) is 0 Å². The normalized spacial score (nSPS) is 21.2. The molecule has 0 amide bonds. The van der Waals surface area contributed by atoms with Gasteiger partial charge in [-0.3, -0.25) is 0 Å². The van der Waals surface area contributed by atoms with E-state index in [0.29, 0.717) is 12.0 Å². The van der Waals surface area contributed by atoms with E-state index in [1.165, 1.54) is 25.7 Å². The molecule has 1 rings (SSSR count). The molecule has 2 heteroatoms. The molecule has 0 aromatic carbocycles. The zero-order valence-electron chi connectivity index (χ0n) is 8.76. The molecule has 0 N–H and O–H groups in total. The fourth-order valence-corrected chi connectivity index (χ4v) is 2.48. The maximum atomic E-state index is 6.20. The molecule has 0 aromatic rings. The molecule has 0 spiro atoms. The molecule has 0 aliphatic heterocycles. The van der Waals surface area contributed by atoms with Gasteiger partial charge in [0.1, 0.15) is 5.56 Å². The van der Waals surface area contributed by atoms with E-state index >= 15 is 0 Å². The van der Waals surface area contributed by atoms with Crippen molar-refractivity contribution in [3.8, 4) is 0 Å². The highest BCUT2D eigenvalue weighted by atomic mass is 35.5. The van der Waals surface area contributed by atoms with Crippen LogP contribution in [0.2, 0.25) is 0 Å². The van der Waals surface area contributed by atoms with Crippen LogP contribution in [0, 0.1) is 5.92 Å². The first-order chi connectivity index (χ1) is 6.27. The van der Waals surface area contributed by atoms with E-state index in [2.05, 4.69) is 13.8 Å². The van der Waals surface area contributed by atoms with Crippen molar-refractivity contribution in [3.63, 3.8) is 0 Å². The SMILES string of the molecule is CCC(CC)C(Cl)OC1CCCC1. The van der Waals surface area contributed by atoms with Gasteiger partial charge in [-0.05, 0) is 31.6 Å². The number of hydrogen-bond donors (Lipinski definition) is 0. The van der Waals surface area contributed by atoms with E-state index < -0.39 is 0 Å². The monoisotopic (exact) mass is 204 g/mol. The highest BCUT2D eigenvalue weighted by Crippen LogP contribution is 2.27. The Morgan fingerprint density at radius 3 is 2.23 bits per heavy atom. The average molecular weight is 205 g/mol. The Labute approximate surface area is 86.8 Å². The molecular formula is C11H21ClO. The van der Waals surface area contributed by atoms with Gasteiger partial charge in [0.05, 0.1) is 6.10 Å². The van der Waals surface area contributed by atoms with Crippen LogP contribution in [0.3, 0.4) is 0 Å². The zero-order valence-corrected chi connectivity index (χ0v) is 9.52. The Balaban J connectivity index is 2.25. The fourth-order valence-electron chi connectivity index (χ4n) is 1.98. The molecule has 13 heavy (non-hydrogen) atoms. The molecule has 0 aromatic heterocycles. The first-order valence-electron chi connectivity index (χ1n) is 5.57. The Morgan fingerprint density at radius 2 is 1.77 bits per heavy atom. The van der Waals surface area contributed by atoms with Crippen LogP contribution in [0.4, 0.5) is 0 Å². The Kier molecular flexibility index (Phi) is 5.12. The second kappa shape index (κ2) is 5.87. The first-order valence-corrected chi connectivity index (χ1v) is 6.01. The quantitative estimate of drug-likeness (QED) is 0.617. The molecule has 78 valence electrons. The van der Waals surface area contributed by atoms with Crippen molar-refractivity contribution in [2.24, 2.45) is 5.92 Å². The summed E-state index contributed by atoms with van der Waals surface area (Å²) in [5, 5.41) is 0. The smallest absolute Gasteiger partial charge is 0.134 e. The minimum absolute atomic E-state index is 0.0573. The van der Waals surface area contributed by atoms with Crippen LogP contribution in [-0.2, 0) is 4.74 Å². The molecule has 1 nitrogen and oxygen atoms in total. The third kappa shape index (κ3) is 3.47. The van der Waals surface area contributed by atoms with E-state index in [4.69, 9.17) is 16.3 Å². The summed E-state index contributed by atoms with van der Waals surface area (Å²) in [7, 11) is 0. The second-order valence-corrected chi connectivity index (χ2v) is 4.40. The lowest BCUT2D eigenvalue weighted by Crippen LogP contribution is -2.22.